The summed E-state index contributed by atoms with van der Waals surface area (Å²) in [4.78, 5) is 13.8. The second-order valence-corrected chi connectivity index (χ2v) is 6.95. The zero-order chi connectivity index (χ0) is 20.1. The van der Waals surface area contributed by atoms with Gasteiger partial charge in [-0.1, -0.05) is 60.1 Å². The van der Waals surface area contributed by atoms with Crippen LogP contribution in [-0.2, 0) is 17.8 Å². The van der Waals surface area contributed by atoms with Gasteiger partial charge in [-0.05, 0) is 53.1 Å². The van der Waals surface area contributed by atoms with Gasteiger partial charge in [-0.25, -0.2) is 0 Å². The smallest absolute Gasteiger partial charge is 0.248 e. The molecule has 4 aromatic rings. The maximum Gasteiger partial charge on any atom is 0.248 e. The fourth-order valence-electron chi connectivity index (χ4n) is 2.96. The molecular formula is C22H18ClN5O. The van der Waals surface area contributed by atoms with E-state index < -0.39 is 0 Å². The van der Waals surface area contributed by atoms with Gasteiger partial charge in [-0.3, -0.25) is 4.79 Å². The number of halogens is 1. The predicted molar refractivity (Wildman–Crippen MR) is 113 cm³/mol. The van der Waals surface area contributed by atoms with Crippen LogP contribution in [-0.4, -0.2) is 26.1 Å². The van der Waals surface area contributed by atoms with E-state index in [-0.39, 0.29) is 12.5 Å². The molecule has 0 radical (unpaired) electrons. The van der Waals surface area contributed by atoms with Gasteiger partial charge in [0.05, 0.1) is 0 Å². The first-order valence-corrected chi connectivity index (χ1v) is 9.50. The van der Waals surface area contributed by atoms with Gasteiger partial charge < -0.3 is 5.32 Å². The summed E-state index contributed by atoms with van der Waals surface area (Å²) in [6.07, 6.45) is 0.736. The Morgan fingerprint density at radius 1 is 0.931 bits per heavy atom. The van der Waals surface area contributed by atoms with E-state index in [2.05, 4.69) is 32.9 Å². The monoisotopic (exact) mass is 403 g/mol. The first kappa shape index (κ1) is 18.8. The minimum atomic E-state index is -0.217. The van der Waals surface area contributed by atoms with Gasteiger partial charge in [0.1, 0.15) is 6.54 Å². The maximum atomic E-state index is 12.5. The van der Waals surface area contributed by atoms with Crippen LogP contribution in [0.5, 0.6) is 0 Å². The van der Waals surface area contributed by atoms with Crippen molar-refractivity contribution in [1.82, 2.24) is 20.2 Å². The molecule has 1 N–H and O–H groups in total. The Balaban J connectivity index is 1.43. The van der Waals surface area contributed by atoms with Crippen LogP contribution in [0.3, 0.4) is 0 Å². The average molecular weight is 404 g/mol. The van der Waals surface area contributed by atoms with Crippen molar-refractivity contribution in [1.29, 1.82) is 0 Å². The lowest BCUT2D eigenvalue weighted by molar-refractivity contribution is -0.117. The SMILES string of the molecule is O=C(Cn1nnc(-c2ccc(Cl)cc2)n1)Nc1ccccc1Cc1ccccc1. The van der Waals surface area contributed by atoms with E-state index in [1.54, 1.807) is 12.1 Å². The summed E-state index contributed by atoms with van der Waals surface area (Å²) in [7, 11) is 0. The summed E-state index contributed by atoms with van der Waals surface area (Å²) in [6, 6.07) is 25.0. The average Bonchev–Trinajstić information content (AvgIpc) is 3.19. The number of hydrogen-bond donors (Lipinski definition) is 1. The summed E-state index contributed by atoms with van der Waals surface area (Å²) < 4.78 is 0. The fraction of sp³-hybridized carbons (Fsp3) is 0.0909. The zero-order valence-electron chi connectivity index (χ0n) is 15.5. The minimum Gasteiger partial charge on any atom is -0.324 e. The van der Waals surface area contributed by atoms with Crippen LogP contribution in [0, 0.1) is 0 Å². The number of nitrogens with zero attached hydrogens (tertiary/aromatic N) is 4. The van der Waals surface area contributed by atoms with Gasteiger partial charge in [0.2, 0.25) is 11.7 Å². The van der Waals surface area contributed by atoms with Crippen molar-refractivity contribution in [2.24, 2.45) is 0 Å². The van der Waals surface area contributed by atoms with Crippen LogP contribution in [0.1, 0.15) is 11.1 Å². The second kappa shape index (κ2) is 8.67. The Kier molecular flexibility index (Phi) is 5.63. The Morgan fingerprint density at radius 2 is 1.66 bits per heavy atom. The quantitative estimate of drug-likeness (QED) is 0.523. The standard InChI is InChI=1S/C22H18ClN5O/c23-19-12-10-17(11-13-19)22-25-27-28(26-22)15-21(29)24-20-9-5-4-8-18(20)14-16-6-2-1-3-7-16/h1-13H,14-15H2,(H,24,29). The summed E-state index contributed by atoms with van der Waals surface area (Å²) in [5.74, 6) is 0.226. The number of carbonyl (C=O) groups excluding carboxylic acids is 1. The minimum absolute atomic E-state index is 0.0275. The molecule has 0 aliphatic rings. The highest BCUT2D eigenvalue weighted by molar-refractivity contribution is 6.30. The largest absolute Gasteiger partial charge is 0.324 e. The lowest BCUT2D eigenvalue weighted by Gasteiger charge is -2.11. The number of rotatable bonds is 6. The number of anilines is 1. The molecule has 1 aromatic heterocycles. The van der Waals surface area contributed by atoms with Crippen molar-refractivity contribution in [3.63, 3.8) is 0 Å². The fourth-order valence-corrected chi connectivity index (χ4v) is 3.08. The number of tetrazole rings is 1. The third-order valence-corrected chi connectivity index (χ3v) is 4.62. The number of hydrogen-bond acceptors (Lipinski definition) is 4. The molecule has 6 nitrogen and oxygen atoms in total. The van der Waals surface area contributed by atoms with Crippen LogP contribution in [0.25, 0.3) is 11.4 Å². The van der Waals surface area contributed by atoms with Crippen LogP contribution < -0.4 is 5.32 Å². The Labute approximate surface area is 173 Å². The van der Waals surface area contributed by atoms with Crippen molar-refractivity contribution in [3.8, 4) is 11.4 Å². The number of aromatic nitrogens is 4. The Bertz CT molecular complexity index is 1110. The molecule has 0 unspecified atom stereocenters. The molecule has 0 atom stereocenters. The van der Waals surface area contributed by atoms with Crippen molar-refractivity contribution in [2.75, 3.05) is 5.32 Å². The molecule has 0 fully saturated rings. The van der Waals surface area contributed by atoms with Crippen LogP contribution in [0.15, 0.2) is 78.9 Å². The molecule has 0 saturated heterocycles. The predicted octanol–water partition coefficient (Wildman–Crippen LogP) is 4.22. The molecule has 0 aliphatic heterocycles. The van der Waals surface area contributed by atoms with Crippen molar-refractivity contribution >= 4 is 23.2 Å². The van der Waals surface area contributed by atoms with Crippen LogP contribution >= 0.6 is 11.6 Å². The summed E-state index contributed by atoms with van der Waals surface area (Å²) in [6.45, 7) is -0.0275. The van der Waals surface area contributed by atoms with Crippen molar-refractivity contribution < 1.29 is 4.79 Å². The first-order chi connectivity index (χ1) is 14.2. The summed E-state index contributed by atoms with van der Waals surface area (Å²) in [5.41, 5.74) is 3.79. The number of nitrogens with one attached hydrogen (secondary N) is 1. The number of amides is 1. The highest BCUT2D eigenvalue weighted by Gasteiger charge is 2.11. The van der Waals surface area contributed by atoms with E-state index >= 15 is 0 Å². The molecule has 0 aliphatic carbocycles. The highest BCUT2D eigenvalue weighted by Crippen LogP contribution is 2.20. The van der Waals surface area contributed by atoms with E-state index in [0.717, 1.165) is 23.2 Å². The molecule has 1 heterocycles. The Morgan fingerprint density at radius 3 is 2.45 bits per heavy atom. The molecule has 0 saturated carbocycles. The zero-order valence-corrected chi connectivity index (χ0v) is 16.3. The normalized spacial score (nSPS) is 10.7. The van der Waals surface area contributed by atoms with Crippen molar-refractivity contribution in [2.45, 2.75) is 13.0 Å². The van der Waals surface area contributed by atoms with E-state index in [1.165, 1.54) is 10.4 Å². The maximum absolute atomic E-state index is 12.5. The van der Waals surface area contributed by atoms with Gasteiger partial charge in [-0.15, -0.1) is 10.2 Å². The first-order valence-electron chi connectivity index (χ1n) is 9.13. The third kappa shape index (κ3) is 4.86. The Hall–Kier alpha value is -3.51. The van der Waals surface area contributed by atoms with Crippen LogP contribution in [0.4, 0.5) is 5.69 Å². The van der Waals surface area contributed by atoms with Gasteiger partial charge >= 0.3 is 0 Å². The molecule has 0 bridgehead atoms. The van der Waals surface area contributed by atoms with Gasteiger partial charge in [-0.2, -0.15) is 4.80 Å². The second-order valence-electron chi connectivity index (χ2n) is 6.52. The van der Waals surface area contributed by atoms with E-state index in [1.807, 2.05) is 54.6 Å². The highest BCUT2D eigenvalue weighted by atomic mass is 35.5. The number of benzene rings is 3. The third-order valence-electron chi connectivity index (χ3n) is 4.37. The topological polar surface area (TPSA) is 72.7 Å². The van der Waals surface area contributed by atoms with Crippen molar-refractivity contribution in [3.05, 3.63) is 95.0 Å². The molecular weight excluding hydrogens is 386 g/mol. The molecule has 3 aromatic carbocycles. The molecule has 144 valence electrons. The molecule has 7 heteroatoms. The van der Waals surface area contributed by atoms with E-state index in [9.17, 15) is 4.79 Å². The molecule has 0 spiro atoms. The molecule has 4 rings (SSSR count). The summed E-state index contributed by atoms with van der Waals surface area (Å²) in [5, 5.41) is 15.8. The molecule has 29 heavy (non-hydrogen) atoms. The van der Waals surface area contributed by atoms with E-state index in [4.69, 9.17) is 11.6 Å². The molecule has 1 amide bonds. The van der Waals surface area contributed by atoms with Gasteiger partial charge in [0.15, 0.2) is 0 Å². The van der Waals surface area contributed by atoms with Crippen LogP contribution in [0.2, 0.25) is 5.02 Å². The number of para-hydroxylation sites is 1. The van der Waals surface area contributed by atoms with E-state index in [0.29, 0.717) is 10.8 Å². The number of carbonyl (C=O) groups is 1. The van der Waals surface area contributed by atoms with Gasteiger partial charge in [0.25, 0.3) is 0 Å². The lowest BCUT2D eigenvalue weighted by atomic mass is 10.0. The summed E-state index contributed by atoms with van der Waals surface area (Å²) >= 11 is 5.90. The lowest BCUT2D eigenvalue weighted by Crippen LogP contribution is -2.21. The van der Waals surface area contributed by atoms with Gasteiger partial charge in [0, 0.05) is 16.3 Å².